The van der Waals surface area contributed by atoms with E-state index < -0.39 is 5.91 Å². The standard InChI is InChI=1S/C12H8Cl2N4OS2/c13-7-2-8(14)10-11(18-21-17-10)9(7)16-3-6-1-5(4-20-6)12(15)19/h1-2,4,16H,3H2,(H2,15,19). The zero-order valence-corrected chi connectivity index (χ0v) is 13.5. The molecule has 1 aliphatic rings. The molecule has 0 unspecified atom stereocenters. The summed E-state index contributed by atoms with van der Waals surface area (Å²) in [6, 6.07) is 3.39. The van der Waals surface area contributed by atoms with Crippen molar-refractivity contribution in [3.05, 3.63) is 38.0 Å². The van der Waals surface area contributed by atoms with Gasteiger partial charge in [0.1, 0.15) is 11.4 Å². The van der Waals surface area contributed by atoms with Gasteiger partial charge in [-0.15, -0.1) is 11.3 Å². The van der Waals surface area contributed by atoms with Crippen molar-refractivity contribution in [2.45, 2.75) is 6.54 Å². The van der Waals surface area contributed by atoms with E-state index >= 15 is 0 Å². The molecule has 9 heteroatoms. The van der Waals surface area contributed by atoms with Crippen molar-refractivity contribution in [1.29, 1.82) is 0 Å². The Labute approximate surface area is 138 Å². The molecule has 0 saturated carbocycles. The van der Waals surface area contributed by atoms with E-state index in [-0.39, 0.29) is 0 Å². The van der Waals surface area contributed by atoms with E-state index in [1.807, 2.05) is 0 Å². The number of primary amides is 1. The summed E-state index contributed by atoms with van der Waals surface area (Å²) < 4.78 is 8.36. The van der Waals surface area contributed by atoms with Crippen LogP contribution in [-0.2, 0) is 17.9 Å². The van der Waals surface area contributed by atoms with Crippen LogP contribution < -0.4 is 11.1 Å². The van der Waals surface area contributed by atoms with Gasteiger partial charge in [-0.2, -0.15) is 8.73 Å². The molecule has 0 atom stereocenters. The maximum atomic E-state index is 11.1. The number of nitrogens with two attached hydrogens (primary N) is 1. The summed E-state index contributed by atoms with van der Waals surface area (Å²) in [7, 11) is 0. The lowest BCUT2D eigenvalue weighted by Gasteiger charge is -2.11. The van der Waals surface area contributed by atoms with E-state index in [0.717, 1.165) is 16.2 Å². The van der Waals surface area contributed by atoms with Gasteiger partial charge in [0.15, 0.2) is 0 Å². The molecule has 2 heterocycles. The minimum absolute atomic E-state index is 0.437. The molecule has 0 aliphatic carbocycles. The summed E-state index contributed by atoms with van der Waals surface area (Å²) in [5.41, 5.74) is 7.67. The Hall–Kier alpha value is -1.41. The van der Waals surface area contributed by atoms with Gasteiger partial charge in [-0.05, 0) is 12.1 Å². The molecule has 0 fully saturated rings. The van der Waals surface area contributed by atoms with Crippen LogP contribution in [0.15, 0.2) is 26.2 Å². The van der Waals surface area contributed by atoms with Crippen LogP contribution in [0.3, 0.4) is 0 Å². The topological polar surface area (TPSA) is 79.8 Å². The smallest absolute Gasteiger partial charge is 0.249 e. The Morgan fingerprint density at radius 2 is 2.00 bits per heavy atom. The number of thiophene rings is 1. The molecular formula is C12H8Cl2N4OS2. The van der Waals surface area contributed by atoms with E-state index in [0.29, 0.717) is 39.2 Å². The predicted molar refractivity (Wildman–Crippen MR) is 88.2 cm³/mol. The molecule has 2 aromatic rings. The molecule has 0 saturated heterocycles. The van der Waals surface area contributed by atoms with Gasteiger partial charge in [0.05, 0.1) is 32.7 Å². The third-order valence-corrected chi connectivity index (χ3v) is 4.87. The van der Waals surface area contributed by atoms with Gasteiger partial charge in [-0.3, -0.25) is 4.79 Å². The van der Waals surface area contributed by atoms with E-state index in [1.54, 1.807) is 17.5 Å². The van der Waals surface area contributed by atoms with Crippen LogP contribution >= 0.6 is 34.5 Å². The van der Waals surface area contributed by atoms with Crippen molar-refractivity contribution in [3.8, 4) is 0 Å². The number of carbonyl (C=O) groups excluding carboxylic acids is 1. The number of hydrogen-bond acceptors (Lipinski definition) is 5. The highest BCUT2D eigenvalue weighted by molar-refractivity contribution is 7.58. The largest absolute Gasteiger partial charge is 0.377 e. The van der Waals surface area contributed by atoms with Gasteiger partial charge >= 0.3 is 0 Å². The monoisotopic (exact) mass is 358 g/mol. The summed E-state index contributed by atoms with van der Waals surface area (Å²) in [5, 5.41) is 5.89. The molecule has 5 nitrogen and oxygen atoms in total. The van der Waals surface area contributed by atoms with E-state index in [2.05, 4.69) is 14.0 Å². The number of nitrogens with one attached hydrogen (secondary N) is 1. The van der Waals surface area contributed by atoms with Crippen molar-refractivity contribution < 1.29 is 4.79 Å². The number of fused-ring (bicyclic) bond motifs is 1. The molecule has 1 aromatic carbocycles. The number of nitrogens with zero attached hydrogens (tertiary/aromatic N) is 2. The Balaban J connectivity index is 1.84. The maximum absolute atomic E-state index is 11.1. The third-order valence-electron chi connectivity index (χ3n) is 2.82. The molecule has 1 aromatic heterocycles. The SMILES string of the molecule is NC(=O)c1csc(CNc2c(Cl)cc(Cl)c3c2N=S=N3)c1. The van der Waals surface area contributed by atoms with E-state index in [4.69, 9.17) is 28.9 Å². The zero-order valence-electron chi connectivity index (χ0n) is 10.4. The molecule has 108 valence electrons. The molecule has 0 radical (unpaired) electrons. The van der Waals surface area contributed by atoms with Crippen LogP contribution in [0.2, 0.25) is 10.0 Å². The van der Waals surface area contributed by atoms with Gasteiger partial charge in [0.25, 0.3) is 0 Å². The first-order valence-electron chi connectivity index (χ1n) is 5.77. The molecule has 21 heavy (non-hydrogen) atoms. The van der Waals surface area contributed by atoms with Gasteiger partial charge in [0, 0.05) is 16.8 Å². The fourth-order valence-corrected chi connectivity index (χ4v) is 3.81. The summed E-state index contributed by atoms with van der Waals surface area (Å²) in [5.74, 6) is -0.437. The molecule has 1 amide bonds. The summed E-state index contributed by atoms with van der Waals surface area (Å²) in [6.45, 7) is 0.506. The number of halogens is 2. The first-order chi connectivity index (χ1) is 10.1. The Kier molecular flexibility index (Phi) is 3.99. The predicted octanol–water partition coefficient (Wildman–Crippen LogP) is 4.49. The van der Waals surface area contributed by atoms with Crippen LogP contribution in [0.5, 0.6) is 0 Å². The fourth-order valence-electron chi connectivity index (χ4n) is 1.82. The first-order valence-corrected chi connectivity index (χ1v) is 8.14. The second-order valence-corrected chi connectivity index (χ2v) is 6.53. The number of anilines is 1. The number of amides is 1. The second kappa shape index (κ2) is 5.76. The number of benzene rings is 1. The van der Waals surface area contributed by atoms with Gasteiger partial charge < -0.3 is 11.1 Å². The summed E-state index contributed by atoms with van der Waals surface area (Å²) in [4.78, 5) is 12.0. The van der Waals surface area contributed by atoms with E-state index in [1.165, 1.54) is 11.3 Å². The van der Waals surface area contributed by atoms with Crippen LogP contribution in [0.25, 0.3) is 0 Å². The summed E-state index contributed by atoms with van der Waals surface area (Å²) in [6.07, 6.45) is 0. The molecule has 1 aliphatic heterocycles. The van der Waals surface area contributed by atoms with Crippen molar-refractivity contribution in [2.75, 3.05) is 5.32 Å². The van der Waals surface area contributed by atoms with Gasteiger partial charge in [0.2, 0.25) is 5.91 Å². The average Bonchev–Trinajstić information content (AvgIpc) is 3.06. The molecule has 3 rings (SSSR count). The maximum Gasteiger partial charge on any atom is 0.249 e. The van der Waals surface area contributed by atoms with Crippen LogP contribution in [-0.4, -0.2) is 5.91 Å². The minimum atomic E-state index is -0.437. The van der Waals surface area contributed by atoms with Crippen molar-refractivity contribution in [2.24, 2.45) is 14.5 Å². The average molecular weight is 359 g/mol. The quantitative estimate of drug-likeness (QED) is 0.720. The van der Waals surface area contributed by atoms with Gasteiger partial charge in [-0.25, -0.2) is 0 Å². The lowest BCUT2D eigenvalue weighted by atomic mass is 10.2. The number of rotatable bonds is 4. The number of carbonyl (C=O) groups is 1. The second-order valence-electron chi connectivity index (χ2n) is 4.20. The molecule has 3 N–H and O–H groups in total. The highest BCUT2D eigenvalue weighted by atomic mass is 35.5. The Morgan fingerprint density at radius 1 is 1.24 bits per heavy atom. The first kappa shape index (κ1) is 14.5. The summed E-state index contributed by atoms with van der Waals surface area (Å²) >= 11 is 14.8. The van der Waals surface area contributed by atoms with Gasteiger partial charge in [-0.1, -0.05) is 23.2 Å². The Bertz CT molecular complexity index is 812. The highest BCUT2D eigenvalue weighted by Gasteiger charge is 2.18. The van der Waals surface area contributed by atoms with Crippen molar-refractivity contribution in [3.63, 3.8) is 0 Å². The Morgan fingerprint density at radius 3 is 2.71 bits per heavy atom. The number of hydrogen-bond donors (Lipinski definition) is 2. The van der Waals surface area contributed by atoms with Crippen LogP contribution in [0.4, 0.5) is 17.1 Å². The zero-order chi connectivity index (χ0) is 15.0. The fraction of sp³-hybridized carbons (Fsp3) is 0.0833. The van der Waals surface area contributed by atoms with Crippen LogP contribution in [0, 0.1) is 0 Å². The lowest BCUT2D eigenvalue weighted by Crippen LogP contribution is -2.09. The normalized spacial score (nSPS) is 12.1. The minimum Gasteiger partial charge on any atom is -0.377 e. The molecule has 0 spiro atoms. The van der Waals surface area contributed by atoms with Crippen molar-refractivity contribution >= 4 is 68.9 Å². The van der Waals surface area contributed by atoms with Crippen molar-refractivity contribution in [1.82, 2.24) is 0 Å². The van der Waals surface area contributed by atoms with Crippen LogP contribution in [0.1, 0.15) is 15.2 Å². The molecule has 0 bridgehead atoms. The third kappa shape index (κ3) is 2.82. The molecular weight excluding hydrogens is 351 g/mol. The van der Waals surface area contributed by atoms with E-state index in [9.17, 15) is 4.79 Å². The highest BCUT2D eigenvalue weighted by Crippen LogP contribution is 2.47. The lowest BCUT2D eigenvalue weighted by molar-refractivity contribution is 0.100.